The van der Waals surface area contributed by atoms with E-state index in [-0.39, 0.29) is 29.1 Å². The summed E-state index contributed by atoms with van der Waals surface area (Å²) in [5.74, 6) is -0.110. The van der Waals surface area contributed by atoms with Crippen LogP contribution in [-0.4, -0.2) is 46.7 Å². The Morgan fingerprint density at radius 2 is 1.57 bits per heavy atom. The number of aryl methyl sites for hydroxylation is 1. The highest BCUT2D eigenvalue weighted by atomic mass is 32.2. The highest BCUT2D eigenvalue weighted by Crippen LogP contribution is 2.33. The molecule has 4 aromatic carbocycles. The fraction of sp³-hybridized carbons (Fsp3) is 0.182. The van der Waals surface area contributed by atoms with Crippen LogP contribution >= 0.6 is 0 Å². The van der Waals surface area contributed by atoms with Gasteiger partial charge in [0.1, 0.15) is 18.0 Å². The lowest BCUT2D eigenvalue weighted by Crippen LogP contribution is -2.39. The summed E-state index contributed by atoms with van der Waals surface area (Å²) in [5.41, 5.74) is 5.06. The number of rotatable bonds is 13. The van der Waals surface area contributed by atoms with E-state index in [0.717, 1.165) is 15.4 Å². The zero-order valence-electron chi connectivity index (χ0n) is 24.6. The number of sulfonamides is 1. The molecule has 0 aliphatic carbocycles. The van der Waals surface area contributed by atoms with Crippen LogP contribution in [-0.2, 0) is 19.6 Å². The molecule has 0 aliphatic rings. The molecule has 0 fully saturated rings. The number of ether oxygens (including phenoxy) is 2. The van der Waals surface area contributed by atoms with Crippen LogP contribution in [0.3, 0.4) is 0 Å². The molecular weight excluding hydrogens is 580 g/mol. The van der Waals surface area contributed by atoms with Gasteiger partial charge in [-0.3, -0.25) is 13.9 Å². The molecule has 0 spiro atoms. The monoisotopic (exact) mass is 614 g/mol. The highest BCUT2D eigenvalue weighted by Gasteiger charge is 2.29. The van der Waals surface area contributed by atoms with E-state index in [1.54, 1.807) is 60.7 Å². The molecule has 1 atom stereocenters. The first-order valence-electron chi connectivity index (χ1n) is 13.8. The van der Waals surface area contributed by atoms with Crippen molar-refractivity contribution in [2.45, 2.75) is 24.8 Å². The van der Waals surface area contributed by atoms with Crippen molar-refractivity contribution in [3.05, 3.63) is 120 Å². The quantitative estimate of drug-likeness (QED) is 0.167. The second-order valence-corrected chi connectivity index (χ2v) is 11.7. The fourth-order valence-electron chi connectivity index (χ4n) is 4.27. The largest absolute Gasteiger partial charge is 0.495 e. The predicted molar refractivity (Wildman–Crippen MR) is 169 cm³/mol. The maximum atomic E-state index is 13.6. The molecule has 0 saturated carbocycles. The Hall–Kier alpha value is -5.16. The molecule has 0 saturated heterocycles. The Kier molecular flexibility index (Phi) is 10.7. The van der Waals surface area contributed by atoms with Crippen molar-refractivity contribution in [2.75, 3.05) is 24.6 Å². The standard InChI is InChI=1S/C33H34N4O6S/c1-24-14-19-31(42-3)30(20-24)37(44(40,41)29-12-8-5-9-13-29)22-32(38)36-34-21-26-15-17-28(18-16-26)43-23-33(39)35-25(2)27-10-6-4-7-11-27/h4-21,25H,22-23H2,1-3H3,(H,35,39)(H,36,38)/b34-21-/t25-/m1/s1. The van der Waals surface area contributed by atoms with Crippen LogP contribution in [0.4, 0.5) is 5.69 Å². The minimum absolute atomic E-state index is 0.0327. The van der Waals surface area contributed by atoms with Gasteiger partial charge in [-0.2, -0.15) is 5.10 Å². The molecule has 0 aromatic heterocycles. The van der Waals surface area contributed by atoms with Crippen molar-refractivity contribution < 1.29 is 27.5 Å². The van der Waals surface area contributed by atoms with Crippen molar-refractivity contribution in [2.24, 2.45) is 5.10 Å². The number of benzene rings is 4. The minimum Gasteiger partial charge on any atom is -0.495 e. The van der Waals surface area contributed by atoms with Crippen LogP contribution in [0.25, 0.3) is 0 Å². The Labute approximate surface area is 257 Å². The third-order valence-electron chi connectivity index (χ3n) is 6.55. The number of carbonyl (C=O) groups is 2. The van der Waals surface area contributed by atoms with Crippen LogP contribution in [0.5, 0.6) is 11.5 Å². The molecule has 4 rings (SSSR count). The van der Waals surface area contributed by atoms with Gasteiger partial charge in [0, 0.05) is 0 Å². The zero-order chi connectivity index (χ0) is 31.5. The van der Waals surface area contributed by atoms with E-state index in [0.29, 0.717) is 17.1 Å². The van der Waals surface area contributed by atoms with Crippen LogP contribution in [0, 0.1) is 6.92 Å². The van der Waals surface area contributed by atoms with Crippen molar-refractivity contribution in [3.63, 3.8) is 0 Å². The zero-order valence-corrected chi connectivity index (χ0v) is 25.5. The van der Waals surface area contributed by atoms with Gasteiger partial charge >= 0.3 is 0 Å². The average molecular weight is 615 g/mol. The molecule has 4 aromatic rings. The summed E-state index contributed by atoms with van der Waals surface area (Å²) >= 11 is 0. The number of nitrogens with zero attached hydrogens (tertiary/aromatic N) is 2. The number of amides is 2. The molecule has 2 N–H and O–H groups in total. The SMILES string of the molecule is COc1ccc(C)cc1N(CC(=O)N/N=C\c1ccc(OCC(=O)N[C@H](C)c2ccccc2)cc1)S(=O)(=O)c1ccccc1. The van der Waals surface area contributed by atoms with Crippen LogP contribution in [0.1, 0.15) is 29.7 Å². The smallest absolute Gasteiger partial charge is 0.264 e. The first-order valence-corrected chi connectivity index (χ1v) is 15.2. The van der Waals surface area contributed by atoms with Crippen molar-refractivity contribution in [1.29, 1.82) is 0 Å². The summed E-state index contributed by atoms with van der Waals surface area (Å²) in [4.78, 5) is 25.2. The third-order valence-corrected chi connectivity index (χ3v) is 8.33. The van der Waals surface area contributed by atoms with Gasteiger partial charge < -0.3 is 14.8 Å². The number of anilines is 1. The van der Waals surface area contributed by atoms with Gasteiger partial charge in [0.15, 0.2) is 6.61 Å². The molecule has 2 amide bonds. The van der Waals surface area contributed by atoms with Gasteiger partial charge in [-0.05, 0) is 79.1 Å². The Balaban J connectivity index is 1.36. The van der Waals surface area contributed by atoms with Gasteiger partial charge in [-0.15, -0.1) is 0 Å². The summed E-state index contributed by atoms with van der Waals surface area (Å²) in [6.07, 6.45) is 1.42. The molecule has 0 bridgehead atoms. The van der Waals surface area contributed by atoms with Crippen molar-refractivity contribution >= 4 is 33.7 Å². The summed E-state index contributed by atoms with van der Waals surface area (Å²) in [5, 5.41) is 6.88. The predicted octanol–water partition coefficient (Wildman–Crippen LogP) is 4.61. The number of nitrogens with one attached hydrogen (secondary N) is 2. The molecular formula is C33H34N4O6S. The minimum atomic E-state index is -4.12. The summed E-state index contributed by atoms with van der Waals surface area (Å²) in [6, 6.07) is 29.2. The first-order chi connectivity index (χ1) is 21.2. The Morgan fingerprint density at radius 3 is 2.23 bits per heavy atom. The Bertz CT molecular complexity index is 1700. The molecule has 0 aliphatic heterocycles. The number of methoxy groups -OCH3 is 1. The topological polar surface area (TPSA) is 126 Å². The van der Waals surface area contributed by atoms with Gasteiger partial charge in [0.25, 0.3) is 21.8 Å². The fourth-order valence-corrected chi connectivity index (χ4v) is 5.71. The average Bonchev–Trinajstić information content (AvgIpc) is 3.04. The summed E-state index contributed by atoms with van der Waals surface area (Å²) < 4.78 is 39.2. The van der Waals surface area contributed by atoms with Gasteiger partial charge in [-0.1, -0.05) is 54.6 Å². The van der Waals surface area contributed by atoms with Crippen LogP contribution < -0.4 is 24.5 Å². The van der Waals surface area contributed by atoms with Crippen LogP contribution in [0.2, 0.25) is 0 Å². The van der Waals surface area contributed by atoms with E-state index >= 15 is 0 Å². The number of hydrazone groups is 1. The lowest BCUT2D eigenvalue weighted by atomic mass is 10.1. The maximum absolute atomic E-state index is 13.6. The second kappa shape index (κ2) is 14.8. The van der Waals surface area contributed by atoms with E-state index < -0.39 is 22.5 Å². The number of hydrogen-bond acceptors (Lipinski definition) is 7. The maximum Gasteiger partial charge on any atom is 0.264 e. The van der Waals surface area contributed by atoms with Crippen LogP contribution in [0.15, 0.2) is 113 Å². The molecule has 0 heterocycles. The third kappa shape index (κ3) is 8.45. The lowest BCUT2D eigenvalue weighted by molar-refractivity contribution is -0.123. The first kappa shape index (κ1) is 31.8. The molecule has 0 radical (unpaired) electrons. The second-order valence-electron chi connectivity index (χ2n) is 9.85. The molecule has 228 valence electrons. The molecule has 0 unspecified atom stereocenters. The van der Waals surface area contributed by atoms with E-state index in [4.69, 9.17) is 9.47 Å². The number of hydrogen-bond donors (Lipinski definition) is 2. The summed E-state index contributed by atoms with van der Waals surface area (Å²) in [6.45, 7) is 3.04. The lowest BCUT2D eigenvalue weighted by Gasteiger charge is -2.25. The van der Waals surface area contributed by atoms with E-state index in [1.165, 1.54) is 25.5 Å². The Morgan fingerprint density at radius 1 is 0.909 bits per heavy atom. The molecule has 11 heteroatoms. The van der Waals surface area contributed by atoms with E-state index in [1.807, 2.05) is 44.2 Å². The van der Waals surface area contributed by atoms with E-state index in [9.17, 15) is 18.0 Å². The van der Waals surface area contributed by atoms with Crippen molar-refractivity contribution in [3.8, 4) is 11.5 Å². The van der Waals surface area contributed by atoms with Crippen molar-refractivity contribution in [1.82, 2.24) is 10.7 Å². The normalized spacial score (nSPS) is 11.9. The molecule has 10 nitrogen and oxygen atoms in total. The van der Waals surface area contributed by atoms with Gasteiger partial charge in [0.2, 0.25) is 0 Å². The van der Waals surface area contributed by atoms with Gasteiger partial charge in [0.05, 0.1) is 29.9 Å². The summed E-state index contributed by atoms with van der Waals surface area (Å²) in [7, 11) is -2.68. The van der Waals surface area contributed by atoms with E-state index in [2.05, 4.69) is 15.8 Å². The highest BCUT2D eigenvalue weighted by molar-refractivity contribution is 7.92. The number of carbonyl (C=O) groups excluding carboxylic acids is 2. The van der Waals surface area contributed by atoms with Gasteiger partial charge in [-0.25, -0.2) is 13.8 Å². The molecule has 44 heavy (non-hydrogen) atoms.